The lowest BCUT2D eigenvalue weighted by atomic mass is 9.88. The first-order valence-electron chi connectivity index (χ1n) is 10.9. The number of hydrogen-bond donors (Lipinski definition) is 2. The number of nitrogens with zero attached hydrogens (tertiary/aromatic N) is 1. The van der Waals surface area contributed by atoms with Crippen LogP contribution >= 0.6 is 11.3 Å². The summed E-state index contributed by atoms with van der Waals surface area (Å²) in [5, 5.41) is 6.22. The molecule has 2 saturated carbocycles. The molecule has 0 saturated heterocycles. The van der Waals surface area contributed by atoms with E-state index in [1.807, 2.05) is 44.3 Å². The highest BCUT2D eigenvalue weighted by molar-refractivity contribution is 7.15. The summed E-state index contributed by atoms with van der Waals surface area (Å²) in [5.41, 5.74) is 1.25. The molecule has 0 aliphatic heterocycles. The summed E-state index contributed by atoms with van der Waals surface area (Å²) in [4.78, 5) is 28.5. The Hall–Kier alpha value is -2.41. The van der Waals surface area contributed by atoms with Crippen LogP contribution in [0.1, 0.15) is 51.0 Å². The van der Waals surface area contributed by atoms with Crippen molar-refractivity contribution in [3.05, 3.63) is 35.5 Å². The molecule has 2 unspecified atom stereocenters. The number of amides is 2. The van der Waals surface area contributed by atoms with Gasteiger partial charge in [0.05, 0.1) is 22.4 Å². The number of hydrogen-bond acceptors (Lipinski definition) is 5. The molecule has 4 rings (SSSR count). The minimum atomic E-state index is -0.520. The van der Waals surface area contributed by atoms with Crippen molar-refractivity contribution in [1.29, 1.82) is 0 Å². The van der Waals surface area contributed by atoms with Crippen molar-refractivity contribution in [1.82, 2.24) is 10.3 Å². The summed E-state index contributed by atoms with van der Waals surface area (Å²) in [6.07, 6.45) is 9.49. The minimum absolute atomic E-state index is 0.205. The molecule has 6 nitrogen and oxygen atoms in total. The quantitative estimate of drug-likeness (QED) is 0.578. The normalized spacial score (nSPS) is 19.0. The van der Waals surface area contributed by atoms with Gasteiger partial charge in [0.1, 0.15) is 0 Å². The Bertz CT molecular complexity index is 884. The molecule has 1 heterocycles. The van der Waals surface area contributed by atoms with Crippen LogP contribution in [-0.4, -0.2) is 31.1 Å². The molecule has 0 spiro atoms. The molecule has 0 radical (unpaired) electrons. The van der Waals surface area contributed by atoms with E-state index in [9.17, 15) is 9.59 Å². The Morgan fingerprint density at radius 1 is 1.19 bits per heavy atom. The molecule has 168 valence electrons. The highest BCUT2D eigenvalue weighted by Crippen LogP contribution is 2.51. The molecule has 2 aliphatic rings. The van der Waals surface area contributed by atoms with E-state index in [0.717, 1.165) is 27.6 Å². The van der Waals surface area contributed by atoms with E-state index in [2.05, 4.69) is 15.6 Å². The van der Waals surface area contributed by atoms with Gasteiger partial charge >= 0.3 is 12.0 Å². The van der Waals surface area contributed by atoms with E-state index in [4.69, 9.17) is 4.74 Å². The third-order valence-corrected chi connectivity index (χ3v) is 7.23. The van der Waals surface area contributed by atoms with Crippen molar-refractivity contribution < 1.29 is 14.3 Å². The van der Waals surface area contributed by atoms with Crippen LogP contribution in [0.2, 0.25) is 0 Å². The number of aryl methyl sites for hydroxylation is 1. The first kappa shape index (κ1) is 23.3. The second-order valence-corrected chi connectivity index (χ2v) is 10.1. The van der Waals surface area contributed by atoms with E-state index >= 15 is 0 Å². The maximum absolute atomic E-state index is 11.7. The van der Waals surface area contributed by atoms with Gasteiger partial charge in [0.2, 0.25) is 0 Å². The van der Waals surface area contributed by atoms with Gasteiger partial charge in [-0.05, 0) is 56.2 Å². The van der Waals surface area contributed by atoms with E-state index in [1.165, 1.54) is 25.4 Å². The van der Waals surface area contributed by atoms with Crippen LogP contribution < -0.4 is 10.6 Å². The third kappa shape index (κ3) is 6.53. The van der Waals surface area contributed by atoms with Gasteiger partial charge in [0.25, 0.3) is 0 Å². The summed E-state index contributed by atoms with van der Waals surface area (Å²) in [7, 11) is 2.98. The van der Waals surface area contributed by atoms with Crippen molar-refractivity contribution in [3.63, 3.8) is 0 Å². The standard InChI is InChI=1S/C18H23N3O3S.C6H10/c1-18(2,16(22)24-4)10-9-15-20-11-14(25-15)12-5-7-13(8-6-12)21-17(23)19-3;1-2-5-4-6(5)3-1/h5-8,11H,9-10H2,1-4H3,(H2,19,21,23);5-6H,1-4H2. The van der Waals surface area contributed by atoms with Crippen molar-refractivity contribution in [2.24, 2.45) is 17.3 Å². The monoisotopic (exact) mass is 443 g/mol. The van der Waals surface area contributed by atoms with Gasteiger partial charge in [0.15, 0.2) is 0 Å². The maximum Gasteiger partial charge on any atom is 0.318 e. The average molecular weight is 444 g/mol. The summed E-state index contributed by atoms with van der Waals surface area (Å²) in [6, 6.07) is 7.34. The Balaban J connectivity index is 0.000000381. The van der Waals surface area contributed by atoms with Crippen molar-refractivity contribution in [3.8, 4) is 10.4 Å². The Morgan fingerprint density at radius 3 is 2.39 bits per heavy atom. The first-order chi connectivity index (χ1) is 14.8. The smallest absolute Gasteiger partial charge is 0.318 e. The number of carbonyl (C=O) groups excluding carboxylic acids is 2. The highest BCUT2D eigenvalue weighted by atomic mass is 32.1. The van der Waals surface area contributed by atoms with Gasteiger partial charge in [-0.1, -0.05) is 31.4 Å². The van der Waals surface area contributed by atoms with E-state index in [0.29, 0.717) is 6.42 Å². The number of aromatic nitrogens is 1. The predicted octanol–water partition coefficient (Wildman–Crippen LogP) is 5.50. The Kier molecular flexibility index (Phi) is 7.70. The van der Waals surface area contributed by atoms with Gasteiger partial charge in [-0.2, -0.15) is 0 Å². The van der Waals surface area contributed by atoms with Crippen LogP contribution in [0.3, 0.4) is 0 Å². The number of urea groups is 1. The third-order valence-electron chi connectivity index (χ3n) is 6.13. The van der Waals surface area contributed by atoms with Gasteiger partial charge in [0, 0.05) is 25.4 Å². The molecule has 2 atom stereocenters. The second-order valence-electron chi connectivity index (χ2n) is 8.96. The number of benzene rings is 1. The fourth-order valence-corrected chi connectivity index (χ4v) is 4.85. The molecule has 2 fully saturated rings. The van der Waals surface area contributed by atoms with E-state index in [-0.39, 0.29) is 12.0 Å². The number of rotatable bonds is 6. The molecular formula is C24H33N3O3S. The molecule has 2 amide bonds. The number of anilines is 1. The summed E-state index contributed by atoms with van der Waals surface area (Å²) >= 11 is 1.61. The maximum atomic E-state index is 11.7. The highest BCUT2D eigenvalue weighted by Gasteiger charge is 2.40. The molecule has 31 heavy (non-hydrogen) atoms. The van der Waals surface area contributed by atoms with Crippen molar-refractivity contribution in [2.45, 2.75) is 52.4 Å². The van der Waals surface area contributed by atoms with Crippen LogP contribution in [0.15, 0.2) is 30.5 Å². The molecule has 1 aromatic heterocycles. The number of esters is 1. The van der Waals surface area contributed by atoms with Gasteiger partial charge < -0.3 is 15.4 Å². The fourth-order valence-electron chi connectivity index (χ4n) is 3.93. The topological polar surface area (TPSA) is 80.3 Å². The zero-order chi connectivity index (χ0) is 22.4. The molecule has 7 heteroatoms. The molecule has 2 aromatic rings. The fraction of sp³-hybridized carbons (Fsp3) is 0.542. The molecule has 2 aliphatic carbocycles. The minimum Gasteiger partial charge on any atom is -0.469 e. The van der Waals surface area contributed by atoms with Crippen molar-refractivity contribution >= 4 is 29.0 Å². The number of carbonyl (C=O) groups is 2. The summed E-state index contributed by atoms with van der Waals surface area (Å²) in [5.74, 6) is 2.22. The Morgan fingerprint density at radius 2 is 1.87 bits per heavy atom. The predicted molar refractivity (Wildman–Crippen MR) is 125 cm³/mol. The van der Waals surface area contributed by atoms with Crippen LogP contribution in [0.5, 0.6) is 0 Å². The number of ether oxygens (including phenoxy) is 1. The summed E-state index contributed by atoms with van der Waals surface area (Å²) < 4.78 is 4.83. The molecular weight excluding hydrogens is 410 g/mol. The van der Waals surface area contributed by atoms with Gasteiger partial charge in [-0.25, -0.2) is 9.78 Å². The number of nitrogens with one attached hydrogen (secondary N) is 2. The zero-order valence-corrected chi connectivity index (χ0v) is 19.7. The second kappa shape index (κ2) is 10.3. The largest absolute Gasteiger partial charge is 0.469 e. The first-order valence-corrected chi connectivity index (χ1v) is 11.8. The lowest BCUT2D eigenvalue weighted by Crippen LogP contribution is -2.26. The van der Waals surface area contributed by atoms with E-state index < -0.39 is 5.41 Å². The number of methoxy groups -OCH3 is 1. The van der Waals surface area contributed by atoms with Gasteiger partial charge in [-0.15, -0.1) is 11.3 Å². The molecule has 0 bridgehead atoms. The van der Waals surface area contributed by atoms with Crippen LogP contribution in [0, 0.1) is 17.3 Å². The summed E-state index contributed by atoms with van der Waals surface area (Å²) in [6.45, 7) is 3.76. The van der Waals surface area contributed by atoms with Crippen LogP contribution in [-0.2, 0) is 16.0 Å². The molecule has 1 aromatic carbocycles. The average Bonchev–Trinajstić information content (AvgIpc) is 3.16. The lowest BCUT2D eigenvalue weighted by molar-refractivity contribution is -0.151. The van der Waals surface area contributed by atoms with Crippen molar-refractivity contribution in [2.75, 3.05) is 19.5 Å². The lowest BCUT2D eigenvalue weighted by Gasteiger charge is -2.20. The number of fused-ring (bicyclic) bond motifs is 1. The zero-order valence-electron chi connectivity index (χ0n) is 18.9. The van der Waals surface area contributed by atoms with Gasteiger partial charge in [-0.3, -0.25) is 4.79 Å². The Labute approximate surface area is 188 Å². The van der Waals surface area contributed by atoms with E-state index in [1.54, 1.807) is 37.6 Å². The number of thiazole rings is 1. The van der Waals surface area contributed by atoms with Crippen LogP contribution in [0.25, 0.3) is 10.4 Å². The molecule has 2 N–H and O–H groups in total. The SMILES string of the molecule is C1CC2CC2C1.CNC(=O)Nc1ccc(-c2cnc(CCC(C)(C)C(=O)OC)s2)cc1. The van der Waals surface area contributed by atoms with Crippen LogP contribution in [0.4, 0.5) is 10.5 Å².